The number of fused-ring (bicyclic) bond motifs is 1. The van der Waals surface area contributed by atoms with Crippen LogP contribution in [-0.4, -0.2) is 16.7 Å². The molecule has 3 aromatic rings. The van der Waals surface area contributed by atoms with Gasteiger partial charge in [-0.3, -0.25) is 9.59 Å². The number of hydrogen-bond donors (Lipinski definition) is 2. The lowest BCUT2D eigenvalue weighted by atomic mass is 10.1. The molecule has 1 amide bonds. The van der Waals surface area contributed by atoms with Gasteiger partial charge < -0.3 is 10.3 Å². The first kappa shape index (κ1) is 16.8. The highest BCUT2D eigenvalue weighted by Gasteiger charge is 2.21. The molecule has 7 heteroatoms. The number of carbonyl (C=O) groups excluding carboxylic acids is 2. The number of aromatic nitrogens is 1. The second-order valence-electron chi connectivity index (χ2n) is 5.20. The van der Waals surface area contributed by atoms with E-state index < -0.39 is 0 Å². The SMILES string of the molecule is CC(=O)Nc1c(C(=O)c2ccc(Cl)c(Cl)c2)[nH]c2cc(Cl)ccc12. The van der Waals surface area contributed by atoms with Crippen molar-refractivity contribution in [3.05, 3.63) is 62.7 Å². The second-order valence-corrected chi connectivity index (χ2v) is 6.45. The smallest absolute Gasteiger partial charge is 0.221 e. The number of carbonyl (C=O) groups is 2. The fourth-order valence-corrected chi connectivity index (χ4v) is 2.90. The predicted molar refractivity (Wildman–Crippen MR) is 97.5 cm³/mol. The molecule has 1 aromatic heterocycles. The normalized spacial score (nSPS) is 10.8. The van der Waals surface area contributed by atoms with Crippen molar-refractivity contribution in [2.45, 2.75) is 6.92 Å². The molecule has 2 N–H and O–H groups in total. The van der Waals surface area contributed by atoms with E-state index in [1.165, 1.54) is 13.0 Å². The summed E-state index contributed by atoms with van der Waals surface area (Å²) in [6, 6.07) is 9.74. The van der Waals surface area contributed by atoms with Crippen LogP contribution >= 0.6 is 34.8 Å². The summed E-state index contributed by atoms with van der Waals surface area (Å²) in [6.07, 6.45) is 0. The molecule has 1 heterocycles. The molecule has 0 aliphatic carbocycles. The minimum Gasteiger partial charge on any atom is -0.350 e. The fraction of sp³-hybridized carbons (Fsp3) is 0.0588. The molecule has 0 fully saturated rings. The van der Waals surface area contributed by atoms with Crippen LogP contribution in [0.25, 0.3) is 10.9 Å². The van der Waals surface area contributed by atoms with Crippen molar-refractivity contribution in [3.63, 3.8) is 0 Å². The number of aromatic amines is 1. The van der Waals surface area contributed by atoms with Crippen molar-refractivity contribution in [3.8, 4) is 0 Å². The van der Waals surface area contributed by atoms with Gasteiger partial charge in [0.1, 0.15) is 5.69 Å². The number of ketones is 1. The molecule has 0 saturated heterocycles. The zero-order valence-corrected chi connectivity index (χ0v) is 14.7. The summed E-state index contributed by atoms with van der Waals surface area (Å²) in [4.78, 5) is 27.4. The van der Waals surface area contributed by atoms with Gasteiger partial charge in [0.15, 0.2) is 0 Å². The maximum atomic E-state index is 12.8. The van der Waals surface area contributed by atoms with Gasteiger partial charge >= 0.3 is 0 Å². The van der Waals surface area contributed by atoms with Gasteiger partial charge in [-0.05, 0) is 36.4 Å². The molecule has 24 heavy (non-hydrogen) atoms. The van der Waals surface area contributed by atoms with E-state index in [0.717, 1.165) is 0 Å². The quantitative estimate of drug-likeness (QED) is 0.603. The Morgan fingerprint density at radius 3 is 2.42 bits per heavy atom. The van der Waals surface area contributed by atoms with Crippen LogP contribution in [0.15, 0.2) is 36.4 Å². The number of nitrogens with one attached hydrogen (secondary N) is 2. The third-order valence-corrected chi connectivity index (χ3v) is 4.44. The number of benzene rings is 2. The average Bonchev–Trinajstić information content (AvgIpc) is 2.86. The zero-order valence-electron chi connectivity index (χ0n) is 12.4. The number of H-pyrrole nitrogens is 1. The summed E-state index contributed by atoms with van der Waals surface area (Å²) >= 11 is 17.9. The lowest BCUT2D eigenvalue weighted by Gasteiger charge is -2.06. The Hall–Kier alpha value is -2.01. The van der Waals surface area contributed by atoms with Crippen LogP contribution in [0.1, 0.15) is 23.0 Å². The Morgan fingerprint density at radius 2 is 1.75 bits per heavy atom. The Labute approximate surface area is 152 Å². The topological polar surface area (TPSA) is 62.0 Å². The number of anilines is 1. The van der Waals surface area contributed by atoms with Crippen molar-refractivity contribution in [2.75, 3.05) is 5.32 Å². The molecule has 0 aliphatic rings. The van der Waals surface area contributed by atoms with Crippen LogP contribution in [0.3, 0.4) is 0 Å². The molecule has 2 aromatic carbocycles. The first-order valence-electron chi connectivity index (χ1n) is 6.95. The molecule has 0 aliphatic heterocycles. The van der Waals surface area contributed by atoms with Crippen LogP contribution < -0.4 is 5.32 Å². The van der Waals surface area contributed by atoms with E-state index in [-0.39, 0.29) is 22.4 Å². The van der Waals surface area contributed by atoms with E-state index in [0.29, 0.717) is 32.2 Å². The summed E-state index contributed by atoms with van der Waals surface area (Å²) in [6.45, 7) is 1.38. The van der Waals surface area contributed by atoms with Gasteiger partial charge in [0.05, 0.1) is 15.7 Å². The van der Waals surface area contributed by atoms with Crippen molar-refractivity contribution >= 4 is 63.1 Å². The lowest BCUT2D eigenvalue weighted by molar-refractivity contribution is -0.114. The number of halogens is 3. The van der Waals surface area contributed by atoms with Gasteiger partial charge in [-0.2, -0.15) is 0 Å². The number of hydrogen-bond acceptors (Lipinski definition) is 2. The summed E-state index contributed by atoms with van der Waals surface area (Å²) in [7, 11) is 0. The Balaban J connectivity index is 2.18. The van der Waals surface area contributed by atoms with Crippen molar-refractivity contribution < 1.29 is 9.59 Å². The highest BCUT2D eigenvalue weighted by Crippen LogP contribution is 2.32. The van der Waals surface area contributed by atoms with Crippen LogP contribution in [-0.2, 0) is 4.79 Å². The van der Waals surface area contributed by atoms with Gasteiger partial charge in [0.2, 0.25) is 11.7 Å². The van der Waals surface area contributed by atoms with E-state index >= 15 is 0 Å². The monoisotopic (exact) mass is 380 g/mol. The molecule has 0 unspecified atom stereocenters. The van der Waals surface area contributed by atoms with Crippen molar-refractivity contribution in [1.29, 1.82) is 0 Å². The molecule has 3 rings (SSSR count). The number of rotatable bonds is 3. The van der Waals surface area contributed by atoms with Crippen LogP contribution in [0.2, 0.25) is 15.1 Å². The zero-order chi connectivity index (χ0) is 17.4. The minimum atomic E-state index is -0.315. The maximum Gasteiger partial charge on any atom is 0.221 e. The molecule has 4 nitrogen and oxygen atoms in total. The molecule has 0 radical (unpaired) electrons. The minimum absolute atomic E-state index is 0.251. The summed E-state index contributed by atoms with van der Waals surface area (Å²) in [5.74, 6) is -0.598. The molecule has 0 bridgehead atoms. The van der Waals surface area contributed by atoms with Gasteiger partial charge in [-0.25, -0.2) is 0 Å². The highest BCUT2D eigenvalue weighted by atomic mass is 35.5. The summed E-state index contributed by atoms with van der Waals surface area (Å²) in [5.41, 5.74) is 1.66. The third kappa shape index (κ3) is 3.13. The van der Waals surface area contributed by atoms with Crippen LogP contribution in [0, 0.1) is 0 Å². The second kappa shape index (κ2) is 6.48. The van der Waals surface area contributed by atoms with E-state index in [9.17, 15) is 9.59 Å². The first-order valence-corrected chi connectivity index (χ1v) is 8.09. The molecule has 0 spiro atoms. The summed E-state index contributed by atoms with van der Waals surface area (Å²) < 4.78 is 0. The standard InChI is InChI=1S/C17H11Cl3N2O2/c1-8(23)21-15-11-4-3-10(18)7-14(11)22-16(15)17(24)9-2-5-12(19)13(20)6-9/h2-7,22H,1H3,(H,21,23). The van der Waals surface area contributed by atoms with Crippen LogP contribution in [0.5, 0.6) is 0 Å². The largest absolute Gasteiger partial charge is 0.350 e. The van der Waals surface area contributed by atoms with Gasteiger partial charge in [-0.1, -0.05) is 34.8 Å². The number of amides is 1. The van der Waals surface area contributed by atoms with E-state index in [4.69, 9.17) is 34.8 Å². The van der Waals surface area contributed by atoms with Gasteiger partial charge in [-0.15, -0.1) is 0 Å². The first-order chi connectivity index (χ1) is 11.4. The summed E-state index contributed by atoms with van der Waals surface area (Å²) in [5, 5.41) is 4.55. The van der Waals surface area contributed by atoms with E-state index in [2.05, 4.69) is 10.3 Å². The van der Waals surface area contributed by atoms with Gasteiger partial charge in [0.25, 0.3) is 0 Å². The highest BCUT2D eigenvalue weighted by molar-refractivity contribution is 6.42. The van der Waals surface area contributed by atoms with E-state index in [1.54, 1.807) is 30.3 Å². The molecular formula is C17H11Cl3N2O2. The maximum absolute atomic E-state index is 12.8. The predicted octanol–water partition coefficient (Wildman–Crippen LogP) is 5.32. The molecule has 122 valence electrons. The van der Waals surface area contributed by atoms with Gasteiger partial charge in [0, 0.05) is 28.4 Å². The Bertz CT molecular complexity index is 979. The Morgan fingerprint density at radius 1 is 1.00 bits per heavy atom. The van der Waals surface area contributed by atoms with Crippen molar-refractivity contribution in [1.82, 2.24) is 4.98 Å². The third-order valence-electron chi connectivity index (χ3n) is 3.47. The van der Waals surface area contributed by atoms with E-state index in [1.807, 2.05) is 0 Å². The fourth-order valence-electron chi connectivity index (χ4n) is 2.43. The molecular weight excluding hydrogens is 371 g/mol. The van der Waals surface area contributed by atoms with Crippen LogP contribution in [0.4, 0.5) is 5.69 Å². The van der Waals surface area contributed by atoms with Crippen molar-refractivity contribution in [2.24, 2.45) is 0 Å². The lowest BCUT2D eigenvalue weighted by Crippen LogP contribution is -2.11. The Kier molecular flexibility index (Phi) is 4.54. The average molecular weight is 382 g/mol. The molecule has 0 atom stereocenters. The molecule has 0 saturated carbocycles.